The number of fused-ring (bicyclic) bond motifs is 1. The lowest BCUT2D eigenvalue weighted by Gasteiger charge is -2.25. The Labute approximate surface area is 301 Å². The van der Waals surface area contributed by atoms with Gasteiger partial charge in [-0.25, -0.2) is 14.6 Å². The van der Waals surface area contributed by atoms with Crippen molar-refractivity contribution in [2.75, 3.05) is 26.9 Å². The molecule has 0 unspecified atom stereocenters. The van der Waals surface area contributed by atoms with Crippen molar-refractivity contribution in [1.82, 2.24) is 4.57 Å². The van der Waals surface area contributed by atoms with Gasteiger partial charge in [-0.1, -0.05) is 58.8 Å². The number of rotatable bonds is 12. The van der Waals surface area contributed by atoms with Gasteiger partial charge < -0.3 is 23.7 Å². The van der Waals surface area contributed by atoms with Gasteiger partial charge in [0.15, 0.2) is 22.9 Å². The van der Waals surface area contributed by atoms with Gasteiger partial charge in [0.2, 0.25) is 0 Å². The highest BCUT2D eigenvalue weighted by atomic mass is 35.5. The number of esters is 2. The third-order valence-corrected chi connectivity index (χ3v) is 8.99. The molecule has 5 rings (SSSR count). The zero-order valence-electron chi connectivity index (χ0n) is 27.5. The van der Waals surface area contributed by atoms with E-state index in [0.29, 0.717) is 43.5 Å². The summed E-state index contributed by atoms with van der Waals surface area (Å²) in [5, 5.41) is 10.0. The van der Waals surface area contributed by atoms with E-state index in [0.717, 1.165) is 11.3 Å². The Morgan fingerprint density at radius 2 is 1.82 bits per heavy atom. The Hall–Kier alpha value is -5.09. The summed E-state index contributed by atoms with van der Waals surface area (Å²) < 4.78 is 29.3. The molecule has 0 radical (unpaired) electrons. The largest absolute Gasteiger partial charge is 0.490 e. The van der Waals surface area contributed by atoms with Crippen LogP contribution in [-0.4, -0.2) is 43.4 Å². The molecule has 50 heavy (non-hydrogen) atoms. The van der Waals surface area contributed by atoms with Crippen LogP contribution in [0.5, 0.6) is 17.2 Å². The summed E-state index contributed by atoms with van der Waals surface area (Å²) in [6.07, 6.45) is 1.60. The van der Waals surface area contributed by atoms with Gasteiger partial charge in [0.1, 0.15) is 12.4 Å². The average Bonchev–Trinajstić information content (AvgIpc) is 3.40. The van der Waals surface area contributed by atoms with E-state index in [1.54, 1.807) is 75.4 Å². The number of hydrogen-bond donors (Lipinski definition) is 0. The van der Waals surface area contributed by atoms with Crippen molar-refractivity contribution in [2.24, 2.45) is 4.99 Å². The minimum atomic E-state index is -0.956. The van der Waals surface area contributed by atoms with E-state index in [1.807, 2.05) is 0 Å². The molecule has 0 aliphatic carbocycles. The number of carbonyl (C=O) groups is 2. The number of carbonyl (C=O) groups excluding carboxylic acids is 2. The molecule has 0 spiro atoms. The fraction of sp³-hybridized carbons (Fsp3) is 0.250. The number of ether oxygens (including phenoxy) is 5. The molecule has 0 N–H and O–H groups in total. The first kappa shape index (κ1) is 36.2. The topological polar surface area (TPSA) is 138 Å². The smallest absolute Gasteiger partial charge is 0.343 e. The second-order valence-corrected chi connectivity index (χ2v) is 12.5. The minimum absolute atomic E-state index is 0.0385. The fourth-order valence-electron chi connectivity index (χ4n) is 5.27. The average molecular weight is 737 g/mol. The van der Waals surface area contributed by atoms with Crippen LogP contribution in [0.2, 0.25) is 10.0 Å². The van der Waals surface area contributed by atoms with Gasteiger partial charge in [-0.2, -0.15) is 5.26 Å². The maximum absolute atomic E-state index is 14.3. The normalized spacial score (nSPS) is 13.9. The first-order chi connectivity index (χ1) is 24.1. The van der Waals surface area contributed by atoms with Crippen LogP contribution in [0.25, 0.3) is 6.08 Å². The zero-order valence-corrected chi connectivity index (χ0v) is 29.8. The highest BCUT2D eigenvalue weighted by molar-refractivity contribution is 7.07. The zero-order chi connectivity index (χ0) is 35.9. The predicted octanol–water partition coefficient (Wildman–Crippen LogP) is 5.51. The standard InChI is InChI=1S/C36H31Cl2N3O8S/c1-5-46-28-14-21(11-12-27(28)48-19-30(42)45-4)32-31(35(44)47-6-2)20(3)40-36-41(32)34(43)29(50-36)15-24-13-25(37)16-26(38)33(24)49-18-23-10-8-7-9-22(23)17-39/h7-16,32H,5-6,18-19H2,1-4H3/b29-15+/t32-/m0/s1. The summed E-state index contributed by atoms with van der Waals surface area (Å²) in [6.45, 7) is 5.22. The predicted molar refractivity (Wildman–Crippen MR) is 187 cm³/mol. The van der Waals surface area contributed by atoms with Crippen molar-refractivity contribution in [3.63, 3.8) is 0 Å². The van der Waals surface area contributed by atoms with E-state index in [-0.39, 0.29) is 53.1 Å². The van der Waals surface area contributed by atoms with Gasteiger partial charge in [-0.3, -0.25) is 9.36 Å². The van der Waals surface area contributed by atoms with E-state index < -0.39 is 23.5 Å². The Balaban J connectivity index is 1.65. The van der Waals surface area contributed by atoms with Gasteiger partial charge in [0.05, 0.1) is 58.8 Å². The molecule has 3 aromatic carbocycles. The summed E-state index contributed by atoms with van der Waals surface area (Å²) in [4.78, 5) is 44.5. The fourth-order valence-corrected chi connectivity index (χ4v) is 6.87. The van der Waals surface area contributed by atoms with Crippen LogP contribution in [0, 0.1) is 11.3 Å². The summed E-state index contributed by atoms with van der Waals surface area (Å²) in [5.41, 5.74) is 2.13. The van der Waals surface area contributed by atoms with Gasteiger partial charge in [0.25, 0.3) is 5.56 Å². The SMILES string of the molecule is CCOC(=O)C1=C(C)N=c2s/c(=C/c3cc(Cl)cc(Cl)c3OCc3ccccc3C#N)c(=O)n2[C@H]1c1ccc(OCC(=O)OC)c(OCC)c1. The van der Waals surface area contributed by atoms with E-state index in [1.165, 1.54) is 17.7 Å². The Morgan fingerprint density at radius 1 is 1.04 bits per heavy atom. The van der Waals surface area contributed by atoms with Crippen LogP contribution in [-0.2, 0) is 25.7 Å². The maximum Gasteiger partial charge on any atom is 0.343 e. The van der Waals surface area contributed by atoms with Crippen LogP contribution in [0.1, 0.15) is 49.1 Å². The molecule has 2 heterocycles. The molecule has 14 heteroatoms. The van der Waals surface area contributed by atoms with Crippen LogP contribution in [0.15, 0.2) is 75.7 Å². The number of allylic oxidation sites excluding steroid dienone is 1. The van der Waals surface area contributed by atoms with Crippen molar-refractivity contribution < 1.29 is 33.3 Å². The molecule has 11 nitrogen and oxygen atoms in total. The molecule has 0 saturated carbocycles. The van der Waals surface area contributed by atoms with Crippen molar-refractivity contribution in [2.45, 2.75) is 33.4 Å². The number of aromatic nitrogens is 1. The molecular weight excluding hydrogens is 705 g/mol. The number of methoxy groups -OCH3 is 1. The van der Waals surface area contributed by atoms with E-state index in [9.17, 15) is 19.6 Å². The molecule has 258 valence electrons. The van der Waals surface area contributed by atoms with Gasteiger partial charge in [0, 0.05) is 16.1 Å². The second kappa shape index (κ2) is 16.1. The molecule has 1 atom stereocenters. The number of halogens is 2. The summed E-state index contributed by atoms with van der Waals surface area (Å²) >= 11 is 14.1. The van der Waals surface area contributed by atoms with Crippen LogP contribution in [0.3, 0.4) is 0 Å². The third kappa shape index (κ3) is 7.70. The third-order valence-electron chi connectivity index (χ3n) is 7.51. The quantitative estimate of drug-likeness (QED) is 0.173. The summed E-state index contributed by atoms with van der Waals surface area (Å²) in [5.74, 6) is -0.379. The minimum Gasteiger partial charge on any atom is -0.490 e. The first-order valence-electron chi connectivity index (χ1n) is 15.4. The number of nitriles is 1. The summed E-state index contributed by atoms with van der Waals surface area (Å²) in [7, 11) is 1.25. The van der Waals surface area contributed by atoms with Crippen molar-refractivity contribution in [1.29, 1.82) is 5.26 Å². The van der Waals surface area contributed by atoms with Gasteiger partial charge >= 0.3 is 11.9 Å². The van der Waals surface area contributed by atoms with Crippen molar-refractivity contribution >= 4 is 52.6 Å². The Morgan fingerprint density at radius 3 is 2.54 bits per heavy atom. The lowest BCUT2D eigenvalue weighted by Crippen LogP contribution is -2.40. The molecule has 4 aromatic rings. The van der Waals surface area contributed by atoms with Crippen LogP contribution >= 0.6 is 34.5 Å². The monoisotopic (exact) mass is 735 g/mol. The van der Waals surface area contributed by atoms with Gasteiger partial charge in [-0.15, -0.1) is 0 Å². The first-order valence-corrected chi connectivity index (χ1v) is 16.9. The van der Waals surface area contributed by atoms with E-state index in [2.05, 4.69) is 15.8 Å². The number of thiazole rings is 1. The maximum atomic E-state index is 14.3. The number of benzene rings is 3. The number of nitrogens with zero attached hydrogens (tertiary/aromatic N) is 3. The highest BCUT2D eigenvalue weighted by Crippen LogP contribution is 2.37. The molecule has 1 aromatic heterocycles. The molecule has 0 fully saturated rings. The van der Waals surface area contributed by atoms with Crippen molar-refractivity contribution in [3.05, 3.63) is 118 Å². The van der Waals surface area contributed by atoms with E-state index in [4.69, 9.17) is 42.1 Å². The molecule has 0 amide bonds. The van der Waals surface area contributed by atoms with Gasteiger partial charge in [-0.05, 0) is 62.7 Å². The lowest BCUT2D eigenvalue weighted by atomic mass is 9.95. The Kier molecular flexibility index (Phi) is 11.6. The molecular formula is C36H31Cl2N3O8S. The molecule has 0 bridgehead atoms. The second-order valence-electron chi connectivity index (χ2n) is 10.7. The summed E-state index contributed by atoms with van der Waals surface area (Å²) in [6, 6.07) is 16.3. The van der Waals surface area contributed by atoms with Crippen LogP contribution < -0.4 is 29.1 Å². The van der Waals surface area contributed by atoms with Crippen molar-refractivity contribution in [3.8, 4) is 23.3 Å². The molecule has 1 aliphatic heterocycles. The highest BCUT2D eigenvalue weighted by Gasteiger charge is 2.34. The van der Waals surface area contributed by atoms with E-state index >= 15 is 0 Å². The van der Waals surface area contributed by atoms with Crippen LogP contribution in [0.4, 0.5) is 0 Å². The lowest BCUT2D eigenvalue weighted by molar-refractivity contribution is -0.143. The number of hydrogen-bond acceptors (Lipinski definition) is 11. The Bertz CT molecular complexity index is 2220. The molecule has 1 aliphatic rings. The molecule has 0 saturated heterocycles.